The van der Waals surface area contributed by atoms with E-state index in [0.717, 1.165) is 25.7 Å². The predicted octanol–water partition coefficient (Wildman–Crippen LogP) is 4.85. The first-order valence-electron chi connectivity index (χ1n) is 12.3. The smallest absolute Gasteiger partial charge is 0.261 e. The summed E-state index contributed by atoms with van der Waals surface area (Å²) in [5.74, 6) is -1.21. The molecule has 0 radical (unpaired) electrons. The zero-order valence-electron chi connectivity index (χ0n) is 20.1. The molecule has 1 saturated carbocycles. The van der Waals surface area contributed by atoms with E-state index in [2.05, 4.69) is 5.32 Å². The van der Waals surface area contributed by atoms with Gasteiger partial charge in [0.25, 0.3) is 11.8 Å². The van der Waals surface area contributed by atoms with Crippen molar-refractivity contribution in [3.8, 4) is 0 Å². The first kappa shape index (κ1) is 26.2. The minimum atomic E-state index is -0.746. The summed E-state index contributed by atoms with van der Waals surface area (Å²) in [5.41, 5.74) is 1.32. The van der Waals surface area contributed by atoms with Crippen LogP contribution in [0.5, 0.6) is 0 Å². The Labute approximate surface area is 220 Å². The van der Waals surface area contributed by atoms with Crippen molar-refractivity contribution >= 4 is 46.8 Å². The first-order valence-corrected chi connectivity index (χ1v) is 13.0. The van der Waals surface area contributed by atoms with E-state index in [1.807, 2.05) is 0 Å². The van der Waals surface area contributed by atoms with Crippen LogP contribution >= 0.6 is 23.2 Å². The molecule has 1 aliphatic heterocycles. The van der Waals surface area contributed by atoms with E-state index in [0.29, 0.717) is 26.7 Å². The van der Waals surface area contributed by atoms with Crippen LogP contribution in [0.1, 0.15) is 71.7 Å². The van der Waals surface area contributed by atoms with Crippen LogP contribution in [-0.4, -0.2) is 52.1 Å². The van der Waals surface area contributed by atoms with Crippen LogP contribution < -0.4 is 5.32 Å². The van der Waals surface area contributed by atoms with Crippen molar-refractivity contribution in [2.24, 2.45) is 0 Å². The molecule has 9 heteroatoms. The lowest BCUT2D eigenvalue weighted by atomic mass is 10.1. The highest BCUT2D eigenvalue weighted by Gasteiger charge is 2.35. The summed E-state index contributed by atoms with van der Waals surface area (Å²) >= 11 is 12.7. The summed E-state index contributed by atoms with van der Waals surface area (Å²) in [5, 5.41) is 3.88. The normalized spacial score (nSPS) is 16.2. The fourth-order valence-corrected chi connectivity index (χ4v) is 5.32. The molecule has 2 aliphatic rings. The Hall–Kier alpha value is -2.90. The van der Waals surface area contributed by atoms with E-state index in [1.165, 1.54) is 9.80 Å². The number of benzene rings is 2. The quantitative estimate of drug-likeness (QED) is 0.470. The van der Waals surface area contributed by atoms with E-state index in [4.69, 9.17) is 23.2 Å². The lowest BCUT2D eigenvalue weighted by Gasteiger charge is -2.30. The highest BCUT2D eigenvalue weighted by Crippen LogP contribution is 2.28. The molecule has 2 aromatic carbocycles. The van der Waals surface area contributed by atoms with E-state index < -0.39 is 6.04 Å². The molecule has 1 unspecified atom stereocenters. The van der Waals surface area contributed by atoms with Crippen molar-refractivity contribution in [1.29, 1.82) is 0 Å². The van der Waals surface area contributed by atoms with E-state index >= 15 is 0 Å². The van der Waals surface area contributed by atoms with Crippen molar-refractivity contribution < 1.29 is 19.2 Å². The van der Waals surface area contributed by atoms with Crippen molar-refractivity contribution in [1.82, 2.24) is 15.1 Å². The molecule has 4 amide bonds. The Bertz CT molecular complexity index is 1120. The zero-order valence-corrected chi connectivity index (χ0v) is 21.6. The summed E-state index contributed by atoms with van der Waals surface area (Å²) in [7, 11) is 0. The molecule has 4 rings (SSSR count). The first-order chi connectivity index (χ1) is 17.3. The Morgan fingerprint density at radius 3 is 2.17 bits per heavy atom. The van der Waals surface area contributed by atoms with Crippen molar-refractivity contribution in [3.05, 3.63) is 69.2 Å². The molecule has 190 valence electrons. The lowest BCUT2D eigenvalue weighted by molar-refractivity contribution is -0.141. The maximum atomic E-state index is 13.4. The van der Waals surface area contributed by atoms with Crippen LogP contribution in [0.15, 0.2) is 42.5 Å². The van der Waals surface area contributed by atoms with Crippen molar-refractivity contribution in [2.45, 2.75) is 64.1 Å². The second-order valence-corrected chi connectivity index (χ2v) is 10.1. The molecule has 0 spiro atoms. The number of carbonyl (C=O) groups excluding carboxylic acids is 4. The third-order valence-electron chi connectivity index (χ3n) is 6.91. The van der Waals surface area contributed by atoms with Crippen LogP contribution in [0.2, 0.25) is 10.0 Å². The number of halogens is 2. The topological polar surface area (TPSA) is 86.8 Å². The molecule has 1 atom stereocenters. The molecule has 1 aliphatic carbocycles. The van der Waals surface area contributed by atoms with Crippen LogP contribution in [0.4, 0.5) is 0 Å². The summed E-state index contributed by atoms with van der Waals surface area (Å²) in [6.07, 6.45) is 4.35. The van der Waals surface area contributed by atoms with E-state index in [-0.39, 0.29) is 55.6 Å². The largest absolute Gasteiger partial charge is 0.352 e. The number of carbonyl (C=O) groups is 4. The number of nitrogens with one attached hydrogen (secondary N) is 1. The fourth-order valence-electron chi connectivity index (χ4n) is 4.80. The van der Waals surface area contributed by atoms with Crippen LogP contribution in [0.3, 0.4) is 0 Å². The minimum absolute atomic E-state index is 0.0521. The van der Waals surface area contributed by atoms with Gasteiger partial charge in [-0.15, -0.1) is 0 Å². The number of nitrogens with zero attached hydrogens (tertiary/aromatic N) is 2. The summed E-state index contributed by atoms with van der Waals surface area (Å²) in [6.45, 7) is 1.88. The number of fused-ring (bicyclic) bond motifs is 1. The van der Waals surface area contributed by atoms with Gasteiger partial charge in [-0.05, 0) is 50.5 Å². The highest BCUT2D eigenvalue weighted by molar-refractivity contribution is 6.36. The van der Waals surface area contributed by atoms with Gasteiger partial charge in [-0.2, -0.15) is 0 Å². The molecule has 36 heavy (non-hydrogen) atoms. The van der Waals surface area contributed by atoms with Crippen molar-refractivity contribution in [2.75, 3.05) is 6.54 Å². The van der Waals surface area contributed by atoms with Gasteiger partial charge in [0.15, 0.2) is 0 Å². The van der Waals surface area contributed by atoms with Crippen LogP contribution in [0.25, 0.3) is 0 Å². The average molecular weight is 530 g/mol. The van der Waals surface area contributed by atoms with Gasteiger partial charge in [0.1, 0.15) is 6.04 Å². The Morgan fingerprint density at radius 2 is 1.58 bits per heavy atom. The minimum Gasteiger partial charge on any atom is -0.352 e. The Morgan fingerprint density at radius 1 is 1.00 bits per heavy atom. The lowest BCUT2D eigenvalue weighted by Crippen LogP contribution is -2.49. The zero-order chi connectivity index (χ0) is 25.8. The highest BCUT2D eigenvalue weighted by atomic mass is 35.5. The molecular weight excluding hydrogens is 501 g/mol. The molecular formula is C27H29Cl2N3O4. The predicted molar refractivity (Wildman–Crippen MR) is 138 cm³/mol. The number of hydrogen-bond donors (Lipinski definition) is 1. The number of hydrogen-bond acceptors (Lipinski definition) is 4. The molecule has 0 saturated heterocycles. The second kappa shape index (κ2) is 11.4. The van der Waals surface area contributed by atoms with Gasteiger partial charge in [-0.25, -0.2) is 0 Å². The molecule has 0 aromatic heterocycles. The fraction of sp³-hybridized carbons (Fsp3) is 0.407. The third kappa shape index (κ3) is 5.57. The van der Waals surface area contributed by atoms with Gasteiger partial charge >= 0.3 is 0 Å². The van der Waals surface area contributed by atoms with Gasteiger partial charge in [0.2, 0.25) is 11.8 Å². The van der Waals surface area contributed by atoms with Crippen LogP contribution in [-0.2, 0) is 16.1 Å². The SMILES string of the molecule is CC(C(=O)NC1CCCC1)N(Cc1c(Cl)cccc1Cl)C(=O)CCCN1C(=O)c2ccccc2C1=O. The maximum Gasteiger partial charge on any atom is 0.261 e. The van der Waals surface area contributed by atoms with Gasteiger partial charge in [0.05, 0.1) is 11.1 Å². The molecule has 1 N–H and O–H groups in total. The Kier molecular flexibility index (Phi) is 8.32. The number of amides is 4. The van der Waals surface area contributed by atoms with E-state index in [9.17, 15) is 19.2 Å². The molecule has 1 heterocycles. The Balaban J connectivity index is 1.44. The molecule has 7 nitrogen and oxygen atoms in total. The summed E-state index contributed by atoms with van der Waals surface area (Å²) < 4.78 is 0. The van der Waals surface area contributed by atoms with Crippen LogP contribution in [0, 0.1) is 0 Å². The van der Waals surface area contributed by atoms with Gasteiger partial charge in [0, 0.05) is 41.2 Å². The summed E-state index contributed by atoms with van der Waals surface area (Å²) in [4.78, 5) is 54.3. The van der Waals surface area contributed by atoms with Crippen molar-refractivity contribution in [3.63, 3.8) is 0 Å². The maximum absolute atomic E-state index is 13.4. The van der Waals surface area contributed by atoms with Gasteiger partial charge < -0.3 is 10.2 Å². The number of rotatable bonds is 9. The number of imide groups is 1. The van der Waals surface area contributed by atoms with Gasteiger partial charge in [-0.3, -0.25) is 24.1 Å². The third-order valence-corrected chi connectivity index (χ3v) is 7.62. The second-order valence-electron chi connectivity index (χ2n) is 9.30. The monoisotopic (exact) mass is 529 g/mol. The average Bonchev–Trinajstić information content (AvgIpc) is 3.46. The van der Waals surface area contributed by atoms with Gasteiger partial charge in [-0.1, -0.05) is 54.2 Å². The standard InChI is InChI=1S/C27H29Cl2N3O4/c1-17(25(34)30-18-8-2-3-9-18)32(16-21-22(28)12-6-13-23(21)29)24(33)14-7-15-31-26(35)19-10-4-5-11-20(19)27(31)36/h4-6,10-13,17-18H,2-3,7-9,14-16H2,1H3,(H,30,34). The molecule has 2 aromatic rings. The molecule has 1 fully saturated rings. The summed E-state index contributed by atoms with van der Waals surface area (Å²) in [6, 6.07) is 11.2. The van der Waals surface area contributed by atoms with E-state index in [1.54, 1.807) is 49.4 Å². The molecule has 0 bridgehead atoms.